The summed E-state index contributed by atoms with van der Waals surface area (Å²) in [5.41, 5.74) is 0.719. The van der Waals surface area contributed by atoms with Gasteiger partial charge in [0.1, 0.15) is 13.2 Å². The molecule has 0 fully saturated rings. The third kappa shape index (κ3) is 9.41. The van der Waals surface area contributed by atoms with Gasteiger partial charge in [0.2, 0.25) is 0 Å². The molecular formula is C26H35O7P. The first-order valence-electron chi connectivity index (χ1n) is 11.3. The number of benzene rings is 2. The maximum absolute atomic E-state index is 12.8. The second kappa shape index (κ2) is 12.8. The zero-order valence-corrected chi connectivity index (χ0v) is 21.5. The van der Waals surface area contributed by atoms with Crippen LogP contribution in [-0.4, -0.2) is 31.8 Å². The molecule has 0 spiro atoms. The molecule has 2 aromatic carbocycles. The van der Waals surface area contributed by atoms with Crippen LogP contribution in [0.15, 0.2) is 60.7 Å². The first-order chi connectivity index (χ1) is 16.0. The lowest BCUT2D eigenvalue weighted by atomic mass is 9.95. The summed E-state index contributed by atoms with van der Waals surface area (Å²) in [6, 6.07) is 18.7. The van der Waals surface area contributed by atoms with Crippen molar-refractivity contribution >= 4 is 19.5 Å². The van der Waals surface area contributed by atoms with E-state index in [-0.39, 0.29) is 32.3 Å². The van der Waals surface area contributed by atoms with Crippen LogP contribution in [0.2, 0.25) is 0 Å². The Bertz CT molecular complexity index is 958. The van der Waals surface area contributed by atoms with E-state index >= 15 is 0 Å². The molecule has 0 radical (unpaired) electrons. The van der Waals surface area contributed by atoms with Crippen molar-refractivity contribution in [2.75, 3.05) is 19.9 Å². The van der Waals surface area contributed by atoms with Crippen molar-refractivity contribution in [1.29, 1.82) is 0 Å². The molecule has 0 aliphatic carbocycles. The Hall–Kier alpha value is -2.47. The lowest BCUT2D eigenvalue weighted by Crippen LogP contribution is -2.31. The summed E-state index contributed by atoms with van der Waals surface area (Å²) < 4.78 is 34.6. The van der Waals surface area contributed by atoms with Crippen LogP contribution in [0, 0.1) is 17.3 Å². The van der Waals surface area contributed by atoms with E-state index in [1.807, 2.05) is 74.5 Å². The molecule has 0 N–H and O–H groups in total. The zero-order chi connectivity index (χ0) is 25.2. The molecule has 0 aromatic heterocycles. The van der Waals surface area contributed by atoms with Gasteiger partial charge in [-0.15, -0.1) is 0 Å². The predicted octanol–water partition coefficient (Wildman–Crippen LogP) is 5.63. The van der Waals surface area contributed by atoms with Gasteiger partial charge < -0.3 is 18.5 Å². The fourth-order valence-corrected chi connectivity index (χ4v) is 3.94. The molecule has 2 aromatic rings. The minimum Gasteiger partial charge on any atom is -0.461 e. The molecule has 0 saturated carbocycles. The Morgan fingerprint density at radius 1 is 0.853 bits per heavy atom. The van der Waals surface area contributed by atoms with E-state index in [0.29, 0.717) is 0 Å². The molecule has 0 aliphatic rings. The number of carbonyl (C=O) groups excluding carboxylic acids is 2. The highest BCUT2D eigenvalue weighted by molar-refractivity contribution is 7.52. The number of rotatable bonds is 13. The van der Waals surface area contributed by atoms with Crippen molar-refractivity contribution in [3.05, 3.63) is 71.8 Å². The van der Waals surface area contributed by atoms with Gasteiger partial charge in [0, 0.05) is 6.66 Å². The van der Waals surface area contributed by atoms with Gasteiger partial charge in [-0.25, -0.2) is 0 Å². The maximum Gasteiger partial charge on any atom is 0.327 e. The van der Waals surface area contributed by atoms with E-state index in [0.717, 1.165) is 11.1 Å². The van der Waals surface area contributed by atoms with Crippen LogP contribution in [0.25, 0.3) is 0 Å². The molecular weight excluding hydrogens is 455 g/mol. The van der Waals surface area contributed by atoms with E-state index in [1.165, 1.54) is 6.66 Å². The summed E-state index contributed by atoms with van der Waals surface area (Å²) in [4.78, 5) is 25.1. The van der Waals surface area contributed by atoms with Gasteiger partial charge in [0.05, 0.1) is 24.5 Å². The van der Waals surface area contributed by atoms with Crippen molar-refractivity contribution in [2.45, 2.75) is 40.9 Å². The third-order valence-corrected chi connectivity index (χ3v) is 6.46. The average molecular weight is 491 g/mol. The zero-order valence-electron chi connectivity index (χ0n) is 20.6. The molecule has 2 atom stereocenters. The number of hydrogen-bond acceptors (Lipinski definition) is 7. The molecule has 0 bridgehead atoms. The first-order valence-corrected chi connectivity index (χ1v) is 13.3. The smallest absolute Gasteiger partial charge is 0.327 e. The molecule has 0 aliphatic heterocycles. The lowest BCUT2D eigenvalue weighted by Gasteiger charge is -2.26. The predicted molar refractivity (Wildman–Crippen MR) is 130 cm³/mol. The lowest BCUT2D eigenvalue weighted by molar-refractivity contribution is -0.157. The van der Waals surface area contributed by atoms with Gasteiger partial charge in [-0.2, -0.15) is 0 Å². The summed E-state index contributed by atoms with van der Waals surface area (Å²) in [6.07, 6.45) is 0. The highest BCUT2D eigenvalue weighted by Gasteiger charge is 2.34. The minimum atomic E-state index is -3.53. The molecule has 0 amide bonds. The molecule has 7 nitrogen and oxygen atoms in total. The average Bonchev–Trinajstić information content (AvgIpc) is 2.81. The van der Waals surface area contributed by atoms with E-state index in [2.05, 4.69) is 0 Å². The van der Waals surface area contributed by atoms with Crippen molar-refractivity contribution in [1.82, 2.24) is 0 Å². The molecule has 0 heterocycles. The van der Waals surface area contributed by atoms with Gasteiger partial charge in [-0.05, 0) is 30.9 Å². The van der Waals surface area contributed by atoms with Gasteiger partial charge >= 0.3 is 19.5 Å². The van der Waals surface area contributed by atoms with Gasteiger partial charge in [0.15, 0.2) is 0 Å². The number of ether oxygens (including phenoxy) is 2. The quantitative estimate of drug-likeness (QED) is 0.266. The first kappa shape index (κ1) is 27.8. The number of hydrogen-bond donors (Lipinski definition) is 0. The number of carbonyl (C=O) groups is 2. The Kier molecular flexibility index (Phi) is 10.5. The van der Waals surface area contributed by atoms with Gasteiger partial charge in [0.25, 0.3) is 0 Å². The minimum absolute atomic E-state index is 0.0901. The molecule has 34 heavy (non-hydrogen) atoms. The molecule has 2 rings (SSSR count). The van der Waals surface area contributed by atoms with Crippen LogP contribution in [0.4, 0.5) is 0 Å². The summed E-state index contributed by atoms with van der Waals surface area (Å²) >= 11 is 0. The maximum atomic E-state index is 12.8. The highest BCUT2D eigenvalue weighted by atomic mass is 31.2. The van der Waals surface area contributed by atoms with Crippen molar-refractivity contribution in [3.63, 3.8) is 0 Å². The normalized spacial score (nSPS) is 14.3. The summed E-state index contributed by atoms with van der Waals surface area (Å²) in [7, 11) is -3.53. The third-order valence-electron chi connectivity index (χ3n) is 5.25. The van der Waals surface area contributed by atoms with Crippen molar-refractivity contribution < 1.29 is 32.7 Å². The van der Waals surface area contributed by atoms with Gasteiger partial charge in [-0.1, -0.05) is 74.5 Å². The Balaban J connectivity index is 1.83. The SMILES string of the molecule is CC(C)C(COP(C)(=O)OCC(C)(C)C(=O)OCc1ccccc1)C(=O)OCc1ccccc1. The number of esters is 2. The van der Waals surface area contributed by atoms with Crippen LogP contribution in [0.1, 0.15) is 38.8 Å². The van der Waals surface area contributed by atoms with E-state index in [1.54, 1.807) is 13.8 Å². The van der Waals surface area contributed by atoms with E-state index < -0.39 is 30.9 Å². The molecule has 0 saturated heterocycles. The van der Waals surface area contributed by atoms with Crippen LogP contribution < -0.4 is 0 Å². The molecule has 2 unspecified atom stereocenters. The van der Waals surface area contributed by atoms with E-state index in [9.17, 15) is 14.2 Å². The largest absolute Gasteiger partial charge is 0.461 e. The molecule has 186 valence electrons. The summed E-state index contributed by atoms with van der Waals surface area (Å²) in [5, 5.41) is 0. The van der Waals surface area contributed by atoms with Crippen molar-refractivity contribution in [3.8, 4) is 0 Å². The standard InChI is InChI=1S/C26H35O7P/c1-20(2)23(24(27)30-16-21-12-8-6-9-13-21)18-32-34(5,29)33-19-26(3,4)25(28)31-17-22-14-10-7-11-15-22/h6-15,20,23H,16-19H2,1-5H3. The summed E-state index contributed by atoms with van der Waals surface area (Å²) in [5.74, 6) is -1.60. The van der Waals surface area contributed by atoms with Crippen LogP contribution in [-0.2, 0) is 45.9 Å². The fourth-order valence-electron chi connectivity index (χ4n) is 2.88. The highest BCUT2D eigenvalue weighted by Crippen LogP contribution is 2.46. The Morgan fingerprint density at radius 2 is 1.35 bits per heavy atom. The van der Waals surface area contributed by atoms with Crippen molar-refractivity contribution in [2.24, 2.45) is 17.3 Å². The Morgan fingerprint density at radius 3 is 1.85 bits per heavy atom. The van der Waals surface area contributed by atoms with E-state index in [4.69, 9.17) is 18.5 Å². The summed E-state index contributed by atoms with van der Waals surface area (Å²) in [6.45, 7) is 8.39. The topological polar surface area (TPSA) is 88.1 Å². The van der Waals surface area contributed by atoms with Gasteiger partial charge in [-0.3, -0.25) is 14.2 Å². The van der Waals surface area contributed by atoms with Crippen LogP contribution in [0.3, 0.4) is 0 Å². The Labute approximate surface area is 202 Å². The van der Waals surface area contributed by atoms with Crippen LogP contribution >= 0.6 is 7.60 Å². The van der Waals surface area contributed by atoms with Crippen LogP contribution in [0.5, 0.6) is 0 Å². The fraction of sp³-hybridized carbons (Fsp3) is 0.462. The monoisotopic (exact) mass is 490 g/mol. The second-order valence-electron chi connectivity index (χ2n) is 9.23. The molecule has 8 heteroatoms. The second-order valence-corrected chi connectivity index (χ2v) is 11.3.